The number of ether oxygens (including phenoxy) is 2. The molecule has 1 saturated heterocycles. The van der Waals surface area contributed by atoms with Crippen LogP contribution < -0.4 is 15.4 Å². The predicted molar refractivity (Wildman–Crippen MR) is 98.0 cm³/mol. The fourth-order valence-electron chi connectivity index (χ4n) is 3.44. The topological polar surface area (TPSA) is 59.6 Å². The van der Waals surface area contributed by atoms with Crippen molar-refractivity contribution >= 4 is 6.03 Å². The highest BCUT2D eigenvalue weighted by molar-refractivity contribution is 5.74. The molecule has 0 bridgehead atoms. The van der Waals surface area contributed by atoms with Crippen molar-refractivity contribution in [2.24, 2.45) is 5.92 Å². The number of methoxy groups -OCH3 is 1. The van der Waals surface area contributed by atoms with Gasteiger partial charge in [-0.3, -0.25) is 0 Å². The average molecular weight is 346 g/mol. The zero-order valence-electron chi connectivity index (χ0n) is 15.5. The molecule has 1 saturated carbocycles. The molecule has 1 aromatic rings. The van der Waals surface area contributed by atoms with E-state index in [4.69, 9.17) is 9.47 Å². The van der Waals surface area contributed by atoms with Crippen LogP contribution in [0.5, 0.6) is 5.75 Å². The van der Waals surface area contributed by atoms with Gasteiger partial charge in [0, 0.05) is 24.6 Å². The van der Waals surface area contributed by atoms with Gasteiger partial charge in [0.1, 0.15) is 5.75 Å². The van der Waals surface area contributed by atoms with Gasteiger partial charge in [0.25, 0.3) is 0 Å². The Labute approximate surface area is 150 Å². The average Bonchev–Trinajstić information content (AvgIpc) is 3.46. The maximum absolute atomic E-state index is 12.3. The lowest BCUT2D eigenvalue weighted by molar-refractivity contribution is -0.00915. The third kappa shape index (κ3) is 4.88. The van der Waals surface area contributed by atoms with Crippen molar-refractivity contribution in [3.63, 3.8) is 0 Å². The van der Waals surface area contributed by atoms with Gasteiger partial charge in [-0.15, -0.1) is 0 Å². The zero-order valence-corrected chi connectivity index (χ0v) is 15.5. The molecule has 0 unspecified atom stereocenters. The third-order valence-electron chi connectivity index (χ3n) is 5.36. The second-order valence-electron chi connectivity index (χ2n) is 7.91. The Hall–Kier alpha value is -1.75. The molecule has 0 spiro atoms. The fourth-order valence-corrected chi connectivity index (χ4v) is 3.44. The van der Waals surface area contributed by atoms with Gasteiger partial charge in [0.2, 0.25) is 0 Å². The molecule has 3 rings (SSSR count). The normalized spacial score (nSPS) is 23.8. The van der Waals surface area contributed by atoms with Crippen LogP contribution in [0.4, 0.5) is 4.79 Å². The SMILES string of the molecule is COc1ccc(C(C)(C)CNC(=O)N[C@@H]2CCO[C@H](C3CC3)C2)cc1. The van der Waals surface area contributed by atoms with Crippen LogP contribution in [0.15, 0.2) is 24.3 Å². The number of carbonyl (C=O) groups excluding carboxylic acids is 1. The number of hydrogen-bond donors (Lipinski definition) is 2. The van der Waals surface area contributed by atoms with Crippen LogP contribution >= 0.6 is 0 Å². The van der Waals surface area contributed by atoms with E-state index < -0.39 is 0 Å². The van der Waals surface area contributed by atoms with Gasteiger partial charge in [0.15, 0.2) is 0 Å². The molecule has 0 radical (unpaired) electrons. The summed E-state index contributed by atoms with van der Waals surface area (Å²) in [5.74, 6) is 1.57. The van der Waals surface area contributed by atoms with E-state index in [1.165, 1.54) is 18.4 Å². The van der Waals surface area contributed by atoms with E-state index in [9.17, 15) is 4.79 Å². The number of amides is 2. The number of benzene rings is 1. The lowest BCUT2D eigenvalue weighted by Crippen LogP contribution is -2.49. The fraction of sp³-hybridized carbons (Fsp3) is 0.650. The van der Waals surface area contributed by atoms with Crippen molar-refractivity contribution in [3.8, 4) is 5.75 Å². The second-order valence-corrected chi connectivity index (χ2v) is 7.91. The Morgan fingerprint density at radius 1 is 1.24 bits per heavy atom. The van der Waals surface area contributed by atoms with E-state index in [-0.39, 0.29) is 17.5 Å². The summed E-state index contributed by atoms with van der Waals surface area (Å²) in [6.45, 7) is 5.60. The van der Waals surface area contributed by atoms with Crippen molar-refractivity contribution in [2.45, 2.75) is 57.1 Å². The lowest BCUT2D eigenvalue weighted by Gasteiger charge is -2.31. The maximum atomic E-state index is 12.3. The van der Waals surface area contributed by atoms with Crippen molar-refractivity contribution in [1.82, 2.24) is 10.6 Å². The van der Waals surface area contributed by atoms with E-state index in [2.05, 4.69) is 36.6 Å². The first kappa shape index (κ1) is 18.1. The second kappa shape index (κ2) is 7.65. The van der Waals surface area contributed by atoms with Crippen LogP contribution in [0.25, 0.3) is 0 Å². The number of hydrogen-bond acceptors (Lipinski definition) is 3. The minimum absolute atomic E-state index is 0.0805. The van der Waals surface area contributed by atoms with Crippen molar-refractivity contribution < 1.29 is 14.3 Å². The van der Waals surface area contributed by atoms with Crippen LogP contribution in [0.3, 0.4) is 0 Å². The van der Waals surface area contributed by atoms with Crippen LogP contribution in [-0.4, -0.2) is 38.4 Å². The largest absolute Gasteiger partial charge is 0.497 e. The molecule has 2 atom stereocenters. The van der Waals surface area contributed by atoms with E-state index in [0.29, 0.717) is 12.6 Å². The maximum Gasteiger partial charge on any atom is 0.315 e. The summed E-state index contributed by atoms with van der Waals surface area (Å²) in [4.78, 5) is 12.3. The molecule has 5 heteroatoms. The van der Waals surface area contributed by atoms with E-state index in [0.717, 1.165) is 31.1 Å². The van der Waals surface area contributed by atoms with Gasteiger partial charge in [-0.1, -0.05) is 26.0 Å². The Morgan fingerprint density at radius 2 is 1.96 bits per heavy atom. The molecule has 1 aromatic carbocycles. The molecule has 5 nitrogen and oxygen atoms in total. The molecular weight excluding hydrogens is 316 g/mol. The summed E-state index contributed by atoms with van der Waals surface area (Å²) in [6, 6.07) is 8.16. The van der Waals surface area contributed by atoms with Crippen LogP contribution in [-0.2, 0) is 10.2 Å². The van der Waals surface area contributed by atoms with Crippen LogP contribution in [0, 0.1) is 5.92 Å². The molecule has 0 aromatic heterocycles. The number of rotatable bonds is 6. The summed E-state index contributed by atoms with van der Waals surface area (Å²) in [7, 11) is 1.66. The standard InChI is InChI=1S/C20H30N2O3/c1-20(2,15-6-8-17(24-3)9-7-15)13-21-19(23)22-16-10-11-25-18(12-16)14-4-5-14/h6-9,14,16,18H,4-5,10-13H2,1-3H3,(H2,21,22,23)/t16-,18+/m1/s1. The molecule has 1 aliphatic carbocycles. The van der Waals surface area contributed by atoms with Gasteiger partial charge in [-0.05, 0) is 49.3 Å². The predicted octanol–water partition coefficient (Wildman–Crippen LogP) is 3.23. The highest BCUT2D eigenvalue weighted by Crippen LogP contribution is 2.38. The van der Waals surface area contributed by atoms with Crippen LogP contribution in [0.2, 0.25) is 0 Å². The molecule has 1 heterocycles. The Bertz CT molecular complexity index is 581. The molecule has 138 valence electrons. The van der Waals surface area contributed by atoms with Gasteiger partial charge < -0.3 is 20.1 Å². The first-order valence-corrected chi connectivity index (χ1v) is 9.28. The summed E-state index contributed by atoms with van der Waals surface area (Å²) in [5.41, 5.74) is 1.03. The number of carbonyl (C=O) groups is 1. The van der Waals surface area contributed by atoms with Gasteiger partial charge in [-0.25, -0.2) is 4.79 Å². The minimum Gasteiger partial charge on any atom is -0.497 e. The Balaban J connectivity index is 1.47. The third-order valence-corrected chi connectivity index (χ3v) is 5.36. The van der Waals surface area contributed by atoms with Crippen molar-refractivity contribution in [3.05, 3.63) is 29.8 Å². The molecule has 25 heavy (non-hydrogen) atoms. The Kier molecular flexibility index (Phi) is 5.52. The monoisotopic (exact) mass is 346 g/mol. The van der Waals surface area contributed by atoms with Crippen LogP contribution in [0.1, 0.15) is 45.1 Å². The van der Waals surface area contributed by atoms with Crippen molar-refractivity contribution in [1.29, 1.82) is 0 Å². The Morgan fingerprint density at radius 3 is 2.60 bits per heavy atom. The summed E-state index contributed by atoms with van der Waals surface area (Å²) >= 11 is 0. The first-order valence-electron chi connectivity index (χ1n) is 9.28. The molecule has 1 aliphatic heterocycles. The molecule has 2 fully saturated rings. The van der Waals surface area contributed by atoms with E-state index in [1.54, 1.807) is 7.11 Å². The quantitative estimate of drug-likeness (QED) is 0.831. The summed E-state index contributed by atoms with van der Waals surface area (Å²) in [5, 5.41) is 6.16. The smallest absolute Gasteiger partial charge is 0.315 e. The highest BCUT2D eigenvalue weighted by Gasteiger charge is 2.36. The van der Waals surface area contributed by atoms with E-state index >= 15 is 0 Å². The lowest BCUT2D eigenvalue weighted by atomic mass is 9.84. The summed E-state index contributed by atoms with van der Waals surface area (Å²) in [6.07, 6.45) is 4.74. The van der Waals surface area contributed by atoms with E-state index in [1.807, 2.05) is 12.1 Å². The highest BCUT2D eigenvalue weighted by atomic mass is 16.5. The minimum atomic E-state index is -0.143. The molecule has 2 aliphatic rings. The van der Waals surface area contributed by atoms with Gasteiger partial charge >= 0.3 is 6.03 Å². The zero-order chi connectivity index (χ0) is 17.9. The van der Waals surface area contributed by atoms with Gasteiger partial charge in [0.05, 0.1) is 13.2 Å². The number of urea groups is 1. The van der Waals surface area contributed by atoms with Crippen molar-refractivity contribution in [2.75, 3.05) is 20.3 Å². The summed E-state index contributed by atoms with van der Waals surface area (Å²) < 4.78 is 11.0. The molecule has 2 amide bonds. The number of nitrogens with one attached hydrogen (secondary N) is 2. The van der Waals surface area contributed by atoms with Gasteiger partial charge in [-0.2, -0.15) is 0 Å². The molecule has 2 N–H and O–H groups in total. The molecular formula is C20H30N2O3. The first-order chi connectivity index (χ1) is 12.0.